The van der Waals surface area contributed by atoms with Crippen molar-refractivity contribution in [1.82, 2.24) is 20.2 Å². The molecule has 8 heteroatoms. The highest BCUT2D eigenvalue weighted by Crippen LogP contribution is 2.19. The molecule has 0 unspecified atom stereocenters. The molecule has 3 heterocycles. The largest absolute Gasteiger partial charge is 0.465 e. The highest BCUT2D eigenvalue weighted by molar-refractivity contribution is 5.65. The van der Waals surface area contributed by atoms with Gasteiger partial charge in [0.2, 0.25) is 5.95 Å². The number of aliphatic hydroxyl groups excluding tert-OH is 1. The van der Waals surface area contributed by atoms with Crippen LogP contribution in [-0.2, 0) is 13.0 Å². The van der Waals surface area contributed by atoms with E-state index in [1.807, 2.05) is 0 Å². The molecular weight excluding hydrogens is 274 g/mol. The average Bonchev–Trinajstić information content (AvgIpc) is 2.53. The number of piperazine rings is 1. The van der Waals surface area contributed by atoms with E-state index in [-0.39, 0.29) is 12.6 Å². The molecule has 114 valence electrons. The summed E-state index contributed by atoms with van der Waals surface area (Å²) < 4.78 is 0. The number of aliphatic hydroxyl groups is 1. The molecule has 1 fully saturated rings. The van der Waals surface area contributed by atoms with E-state index in [1.54, 1.807) is 6.20 Å². The quantitative estimate of drug-likeness (QED) is 0.661. The van der Waals surface area contributed by atoms with E-state index in [0.29, 0.717) is 32.0 Å². The molecular formula is C13H19N5O3. The van der Waals surface area contributed by atoms with E-state index in [2.05, 4.69) is 20.2 Å². The fraction of sp³-hybridized carbons (Fsp3) is 0.615. The number of anilines is 1. The van der Waals surface area contributed by atoms with Crippen molar-refractivity contribution in [2.24, 2.45) is 0 Å². The SMILES string of the molecule is O=C(O)N1CCc2nc(N3CCN[C@@H](CO)C3)ncc2C1. The minimum absolute atomic E-state index is 0.0425. The molecule has 0 aliphatic carbocycles. The molecule has 2 aliphatic rings. The van der Waals surface area contributed by atoms with E-state index in [0.717, 1.165) is 24.3 Å². The summed E-state index contributed by atoms with van der Waals surface area (Å²) in [7, 11) is 0. The second-order valence-electron chi connectivity index (χ2n) is 5.38. The van der Waals surface area contributed by atoms with Gasteiger partial charge in [-0.3, -0.25) is 0 Å². The Morgan fingerprint density at radius 3 is 3.10 bits per heavy atom. The van der Waals surface area contributed by atoms with Crippen molar-refractivity contribution in [2.75, 3.05) is 37.7 Å². The zero-order chi connectivity index (χ0) is 14.8. The Hall–Kier alpha value is -1.93. The van der Waals surface area contributed by atoms with Gasteiger partial charge in [-0.25, -0.2) is 14.8 Å². The summed E-state index contributed by atoms with van der Waals surface area (Å²) in [6.45, 7) is 3.19. The van der Waals surface area contributed by atoms with Crippen LogP contribution in [0.25, 0.3) is 0 Å². The second-order valence-corrected chi connectivity index (χ2v) is 5.38. The van der Waals surface area contributed by atoms with Gasteiger partial charge in [-0.1, -0.05) is 0 Å². The molecule has 3 N–H and O–H groups in total. The molecule has 0 spiro atoms. The molecule has 0 radical (unpaired) electrons. The van der Waals surface area contributed by atoms with E-state index in [1.165, 1.54) is 4.90 Å². The Morgan fingerprint density at radius 1 is 1.48 bits per heavy atom. The number of hydrogen-bond acceptors (Lipinski definition) is 6. The first-order chi connectivity index (χ1) is 10.2. The molecule has 2 aliphatic heterocycles. The Labute approximate surface area is 122 Å². The number of nitrogens with one attached hydrogen (secondary N) is 1. The lowest BCUT2D eigenvalue weighted by molar-refractivity contribution is 0.139. The Bertz CT molecular complexity index is 539. The summed E-state index contributed by atoms with van der Waals surface area (Å²) in [4.78, 5) is 23.4. The summed E-state index contributed by atoms with van der Waals surface area (Å²) in [5.74, 6) is 0.664. The number of carbonyl (C=O) groups is 1. The van der Waals surface area contributed by atoms with Crippen LogP contribution in [0.3, 0.4) is 0 Å². The molecule has 1 amide bonds. The Balaban J connectivity index is 1.76. The van der Waals surface area contributed by atoms with E-state index < -0.39 is 6.09 Å². The number of nitrogens with zero attached hydrogens (tertiary/aromatic N) is 4. The number of aromatic nitrogens is 2. The predicted octanol–water partition coefficient (Wildman–Crippen LogP) is -0.717. The molecule has 3 rings (SSSR count). The second kappa shape index (κ2) is 5.82. The van der Waals surface area contributed by atoms with Crippen LogP contribution in [0, 0.1) is 0 Å². The fourth-order valence-electron chi connectivity index (χ4n) is 2.75. The highest BCUT2D eigenvalue weighted by atomic mass is 16.4. The van der Waals surface area contributed by atoms with Crippen molar-refractivity contribution in [2.45, 2.75) is 19.0 Å². The van der Waals surface area contributed by atoms with Crippen molar-refractivity contribution in [3.63, 3.8) is 0 Å². The lowest BCUT2D eigenvalue weighted by Gasteiger charge is -2.33. The van der Waals surface area contributed by atoms with Gasteiger partial charge in [-0.15, -0.1) is 0 Å². The lowest BCUT2D eigenvalue weighted by Crippen LogP contribution is -2.52. The lowest BCUT2D eigenvalue weighted by atomic mass is 10.1. The molecule has 21 heavy (non-hydrogen) atoms. The minimum atomic E-state index is -0.905. The summed E-state index contributed by atoms with van der Waals surface area (Å²) in [5.41, 5.74) is 1.80. The number of hydrogen-bond donors (Lipinski definition) is 3. The summed E-state index contributed by atoms with van der Waals surface area (Å²) in [6, 6.07) is 0.0425. The van der Waals surface area contributed by atoms with Gasteiger partial charge in [0.05, 0.1) is 18.8 Å². The van der Waals surface area contributed by atoms with E-state index in [9.17, 15) is 9.90 Å². The first-order valence-corrected chi connectivity index (χ1v) is 7.09. The monoisotopic (exact) mass is 293 g/mol. The average molecular weight is 293 g/mol. The van der Waals surface area contributed by atoms with Crippen LogP contribution in [0.4, 0.5) is 10.7 Å². The topological polar surface area (TPSA) is 102 Å². The van der Waals surface area contributed by atoms with Crippen molar-refractivity contribution in [3.05, 3.63) is 17.5 Å². The van der Waals surface area contributed by atoms with Gasteiger partial charge < -0.3 is 25.3 Å². The van der Waals surface area contributed by atoms with Crippen molar-refractivity contribution in [3.8, 4) is 0 Å². The molecule has 1 aromatic rings. The van der Waals surface area contributed by atoms with Crippen LogP contribution in [0.1, 0.15) is 11.3 Å². The maximum atomic E-state index is 11.0. The number of amides is 1. The maximum absolute atomic E-state index is 11.0. The van der Waals surface area contributed by atoms with Gasteiger partial charge in [0.15, 0.2) is 0 Å². The van der Waals surface area contributed by atoms with E-state index in [4.69, 9.17) is 5.11 Å². The third-order valence-corrected chi connectivity index (χ3v) is 3.95. The normalized spacial score (nSPS) is 22.0. The van der Waals surface area contributed by atoms with Gasteiger partial charge in [0, 0.05) is 50.4 Å². The van der Waals surface area contributed by atoms with Crippen LogP contribution < -0.4 is 10.2 Å². The van der Waals surface area contributed by atoms with Crippen LogP contribution >= 0.6 is 0 Å². The highest BCUT2D eigenvalue weighted by Gasteiger charge is 2.24. The van der Waals surface area contributed by atoms with Gasteiger partial charge in [0.1, 0.15) is 0 Å². The maximum Gasteiger partial charge on any atom is 0.407 e. The first kappa shape index (κ1) is 14.0. The summed E-state index contributed by atoms with van der Waals surface area (Å²) >= 11 is 0. The first-order valence-electron chi connectivity index (χ1n) is 7.09. The molecule has 0 saturated carbocycles. The van der Waals surface area contributed by atoms with Gasteiger partial charge in [-0.05, 0) is 0 Å². The Morgan fingerprint density at radius 2 is 2.33 bits per heavy atom. The van der Waals surface area contributed by atoms with Crippen molar-refractivity contribution >= 4 is 12.0 Å². The third kappa shape index (κ3) is 2.91. The third-order valence-electron chi connectivity index (χ3n) is 3.95. The van der Waals surface area contributed by atoms with Crippen LogP contribution in [0.15, 0.2) is 6.20 Å². The van der Waals surface area contributed by atoms with Gasteiger partial charge >= 0.3 is 6.09 Å². The summed E-state index contributed by atoms with van der Waals surface area (Å²) in [6.07, 6.45) is 1.44. The Kier molecular flexibility index (Phi) is 3.89. The van der Waals surface area contributed by atoms with Gasteiger partial charge in [0.25, 0.3) is 0 Å². The molecule has 0 bridgehead atoms. The van der Waals surface area contributed by atoms with Crippen molar-refractivity contribution in [1.29, 1.82) is 0 Å². The summed E-state index contributed by atoms with van der Waals surface area (Å²) in [5, 5.41) is 21.5. The molecule has 1 atom stereocenters. The molecule has 8 nitrogen and oxygen atoms in total. The number of fused-ring (bicyclic) bond motifs is 1. The zero-order valence-corrected chi connectivity index (χ0v) is 11.7. The van der Waals surface area contributed by atoms with Crippen molar-refractivity contribution < 1.29 is 15.0 Å². The van der Waals surface area contributed by atoms with Crippen LogP contribution in [0.5, 0.6) is 0 Å². The van der Waals surface area contributed by atoms with Crippen LogP contribution in [-0.4, -0.2) is 70.0 Å². The number of carboxylic acid groups (broad SMARTS) is 1. The number of rotatable bonds is 2. The molecule has 1 saturated heterocycles. The standard InChI is InChI=1S/C13H19N5O3/c19-8-10-7-17(4-2-14-10)12-15-5-9-6-18(13(20)21)3-1-11(9)16-12/h5,10,14,19H,1-4,6-8H2,(H,20,21)/t10-/m1/s1. The fourth-order valence-corrected chi connectivity index (χ4v) is 2.75. The minimum Gasteiger partial charge on any atom is -0.465 e. The smallest absolute Gasteiger partial charge is 0.407 e. The molecule has 0 aromatic carbocycles. The zero-order valence-electron chi connectivity index (χ0n) is 11.7. The van der Waals surface area contributed by atoms with Crippen LogP contribution in [0.2, 0.25) is 0 Å². The molecule has 1 aromatic heterocycles. The van der Waals surface area contributed by atoms with E-state index >= 15 is 0 Å². The predicted molar refractivity (Wildman–Crippen MR) is 75.3 cm³/mol. The van der Waals surface area contributed by atoms with Gasteiger partial charge in [-0.2, -0.15) is 0 Å².